The number of likely N-dealkylation sites (tertiary alicyclic amines) is 2. The van der Waals surface area contributed by atoms with Gasteiger partial charge in [0.1, 0.15) is 0 Å². The Morgan fingerprint density at radius 2 is 1.17 bits per heavy atom. The van der Waals surface area contributed by atoms with Crippen molar-refractivity contribution in [1.29, 1.82) is 0 Å². The fraction of sp³-hybridized carbons (Fsp3) is 0.750. The molecule has 4 bridgehead atoms. The Labute approximate surface area is 384 Å². The third kappa shape index (κ3) is 6.14. The van der Waals surface area contributed by atoms with Crippen LogP contribution in [-0.4, -0.2) is 145 Å². The van der Waals surface area contributed by atoms with Crippen LogP contribution in [0, 0.1) is 23.7 Å². The molecule has 356 valence electrons. The van der Waals surface area contributed by atoms with Crippen molar-refractivity contribution >= 4 is 5.78 Å². The second-order valence-electron chi connectivity index (χ2n) is 21.8. The Morgan fingerprint density at radius 1 is 0.662 bits per heavy atom. The van der Waals surface area contributed by atoms with E-state index >= 15 is 0 Å². The number of aliphatic hydroxyl groups is 4. The van der Waals surface area contributed by atoms with Crippen LogP contribution in [0.4, 0.5) is 0 Å². The molecule has 0 radical (unpaired) electrons. The van der Waals surface area contributed by atoms with Gasteiger partial charge in [-0.1, -0.05) is 37.8 Å². The number of ketones is 1. The van der Waals surface area contributed by atoms with Gasteiger partial charge in [0, 0.05) is 49.3 Å². The molecule has 12 atom stereocenters. The minimum absolute atomic E-state index is 0.0438. The highest BCUT2D eigenvalue weighted by Gasteiger charge is 2.77. The maximum atomic E-state index is 12.7. The van der Waals surface area contributed by atoms with Crippen LogP contribution in [0.25, 0.3) is 0 Å². The smallest absolute Gasteiger partial charge is 0.206 e. The van der Waals surface area contributed by atoms with Gasteiger partial charge in [0.05, 0.1) is 49.5 Å². The summed E-state index contributed by atoms with van der Waals surface area (Å²) >= 11 is 0. The molecule has 3 saturated heterocycles. The first-order valence-corrected chi connectivity index (χ1v) is 25.0. The summed E-state index contributed by atoms with van der Waals surface area (Å²) in [5, 5.41) is 42.0. The molecular formula is C52H72N2O11. The molecular weight excluding hydrogens is 829 g/mol. The minimum Gasteiger partial charge on any atom is -0.493 e. The van der Waals surface area contributed by atoms with Gasteiger partial charge in [-0.2, -0.15) is 0 Å². The van der Waals surface area contributed by atoms with E-state index in [0.717, 1.165) is 81.9 Å². The molecule has 8 unspecified atom stereocenters. The van der Waals surface area contributed by atoms with E-state index in [0.29, 0.717) is 60.9 Å². The average Bonchev–Trinajstić information content (AvgIpc) is 3.82. The molecule has 4 N–H and O–H groups in total. The van der Waals surface area contributed by atoms with E-state index in [1.54, 1.807) is 14.2 Å². The lowest BCUT2D eigenvalue weighted by Crippen LogP contribution is -2.79. The number of benzene rings is 2. The Morgan fingerprint density at radius 3 is 1.72 bits per heavy atom. The van der Waals surface area contributed by atoms with Crippen molar-refractivity contribution in [2.24, 2.45) is 23.7 Å². The van der Waals surface area contributed by atoms with E-state index < -0.39 is 33.9 Å². The third-order valence-electron chi connectivity index (χ3n) is 19.4. The van der Waals surface area contributed by atoms with Crippen molar-refractivity contribution in [2.45, 2.75) is 155 Å². The summed E-state index contributed by atoms with van der Waals surface area (Å²) in [4.78, 5) is 17.3. The molecule has 5 heterocycles. The number of methoxy groups -OCH3 is 2. The van der Waals surface area contributed by atoms with Gasteiger partial charge < -0.3 is 58.6 Å². The van der Waals surface area contributed by atoms with E-state index in [9.17, 15) is 15.0 Å². The number of piperidine rings is 2. The monoisotopic (exact) mass is 901 g/mol. The molecule has 2 aromatic carbocycles. The van der Waals surface area contributed by atoms with E-state index in [1.807, 2.05) is 12.1 Å². The molecule has 7 fully saturated rings. The molecule has 13 nitrogen and oxygen atoms in total. The quantitative estimate of drug-likeness (QED) is 0.330. The molecule has 6 aliphatic carbocycles. The van der Waals surface area contributed by atoms with Gasteiger partial charge in [-0.05, 0) is 138 Å². The van der Waals surface area contributed by atoms with Gasteiger partial charge in [0.2, 0.25) is 5.79 Å². The summed E-state index contributed by atoms with van der Waals surface area (Å²) in [7, 11) is 7.55. The number of hydrogen-bond donors (Lipinski definition) is 4. The van der Waals surface area contributed by atoms with Gasteiger partial charge in [-0.3, -0.25) is 4.79 Å². The van der Waals surface area contributed by atoms with Gasteiger partial charge in [-0.25, -0.2) is 0 Å². The fourth-order valence-corrected chi connectivity index (χ4v) is 15.9. The summed E-state index contributed by atoms with van der Waals surface area (Å²) in [5.74, 6) is 4.13. The maximum absolute atomic E-state index is 12.7. The lowest BCUT2D eigenvalue weighted by molar-refractivity contribution is -0.329. The highest BCUT2D eigenvalue weighted by atomic mass is 16.7. The maximum Gasteiger partial charge on any atom is 0.206 e. The first kappa shape index (κ1) is 44.5. The van der Waals surface area contributed by atoms with Crippen molar-refractivity contribution in [1.82, 2.24) is 9.80 Å². The average molecular weight is 901 g/mol. The molecule has 4 saturated carbocycles. The van der Waals surface area contributed by atoms with Crippen LogP contribution >= 0.6 is 0 Å². The molecule has 11 aliphatic rings. The molecule has 0 amide bonds. The van der Waals surface area contributed by atoms with Gasteiger partial charge in [-0.15, -0.1) is 0 Å². The lowest BCUT2D eigenvalue weighted by Gasteiger charge is -2.65. The van der Waals surface area contributed by atoms with Crippen LogP contribution in [0.3, 0.4) is 0 Å². The molecule has 2 aromatic rings. The summed E-state index contributed by atoms with van der Waals surface area (Å²) in [6, 6.07) is 8.34. The van der Waals surface area contributed by atoms with E-state index in [2.05, 4.69) is 36.0 Å². The second-order valence-corrected chi connectivity index (χ2v) is 21.8. The second kappa shape index (κ2) is 16.3. The number of fused-ring (bicyclic) bond motifs is 2. The summed E-state index contributed by atoms with van der Waals surface area (Å²) < 4.78 is 37.8. The van der Waals surface area contributed by atoms with Crippen molar-refractivity contribution in [3.8, 4) is 23.0 Å². The molecule has 0 aromatic heterocycles. The summed E-state index contributed by atoms with van der Waals surface area (Å²) in [6.07, 6.45) is 14.3. The van der Waals surface area contributed by atoms with Crippen LogP contribution in [0.2, 0.25) is 0 Å². The number of carbonyl (C=O) groups is 1. The zero-order chi connectivity index (χ0) is 45.1. The SMILES string of the molecule is COc1ccc2c3c1OC1C(=O)CCC4(O)[C@@H](C2)N(C)CC[C@]314.COc1ccc2c3c1OC1C4(CCC5(O)[C@@H](C2)N(C)CC[C@]315)OCC1CCCCC1CO4.OCC1CCCCC1CO. The standard InChI is InChI=1S/C26H35NO5.C18H21NO4.C8H16O2/c1-27-12-11-24-21-16-7-8-19(29-2)22(21)32-23(24)26(10-9-25(24,28)20(27)13-16)30-14-17-5-3-4-6-18(17)15-31-26;1-19-8-7-17-14-10-3-4-12(22-2)15(14)23-16(17)11(20)5-6-18(17,21)13(19)9-10;9-5-7-3-1-2-4-8(7)6-10/h7-8,17-18,20,23,28H,3-6,9-15H2,1-2H3;3-4,13,16,21H,5-9H2,1-2H3;7-10H,1-6H2/t17?,18?,20-,23?,24+,25?,26?;13-,16?,17+,18?;/m11./s1. The van der Waals surface area contributed by atoms with Crippen molar-refractivity contribution < 1.29 is 53.6 Å². The van der Waals surface area contributed by atoms with Crippen LogP contribution in [0.15, 0.2) is 24.3 Å². The number of ether oxygens (including phenoxy) is 6. The number of hydrogen-bond acceptors (Lipinski definition) is 13. The topological polar surface area (TPSA) is 160 Å². The molecule has 13 heteroatoms. The van der Waals surface area contributed by atoms with Crippen molar-refractivity contribution in [2.75, 3.05) is 67.8 Å². The van der Waals surface area contributed by atoms with E-state index in [4.69, 9.17) is 38.6 Å². The Kier molecular flexibility index (Phi) is 11.2. The Balaban J connectivity index is 0.000000124. The molecule has 65 heavy (non-hydrogen) atoms. The highest BCUT2D eigenvalue weighted by Crippen LogP contribution is 2.68. The molecule has 3 spiro atoms. The van der Waals surface area contributed by atoms with Crippen LogP contribution in [0.1, 0.15) is 112 Å². The van der Waals surface area contributed by atoms with Gasteiger partial charge in [0.15, 0.2) is 41.0 Å². The van der Waals surface area contributed by atoms with E-state index in [-0.39, 0.29) is 37.2 Å². The molecule has 13 rings (SSSR count). The molecule has 5 aliphatic heterocycles. The predicted octanol–water partition coefficient (Wildman–Crippen LogP) is 4.85. The van der Waals surface area contributed by atoms with Crippen molar-refractivity contribution in [3.63, 3.8) is 0 Å². The van der Waals surface area contributed by atoms with Crippen LogP contribution in [-0.2, 0) is 37.9 Å². The van der Waals surface area contributed by atoms with Crippen LogP contribution < -0.4 is 18.9 Å². The first-order valence-electron chi connectivity index (χ1n) is 25.0. The highest BCUT2D eigenvalue weighted by molar-refractivity contribution is 5.90. The summed E-state index contributed by atoms with van der Waals surface area (Å²) in [5.41, 5.74) is 1.81. The Bertz CT molecular complexity index is 2140. The number of rotatable bonds is 4. The number of nitrogens with zero attached hydrogens (tertiary/aromatic N) is 2. The number of aliphatic hydroxyl groups excluding tert-OH is 2. The number of carbonyl (C=O) groups excluding carboxylic acids is 1. The normalized spacial score (nSPS) is 42.6. The zero-order valence-electron chi connectivity index (χ0n) is 39.0. The van der Waals surface area contributed by atoms with E-state index in [1.165, 1.54) is 55.2 Å². The number of Topliss-reactive ketones (excluding diaryl/α,β-unsaturated/α-hetero) is 1. The Hall–Kier alpha value is -3.01. The first-order chi connectivity index (χ1) is 31.4. The zero-order valence-corrected chi connectivity index (χ0v) is 39.0. The lowest BCUT2D eigenvalue weighted by atomic mass is 9.48. The largest absolute Gasteiger partial charge is 0.493 e. The summed E-state index contributed by atoms with van der Waals surface area (Å²) in [6.45, 7) is 3.79. The predicted molar refractivity (Wildman–Crippen MR) is 241 cm³/mol. The van der Waals surface area contributed by atoms with Crippen molar-refractivity contribution in [3.05, 3.63) is 46.5 Å². The van der Waals surface area contributed by atoms with Gasteiger partial charge >= 0.3 is 0 Å². The third-order valence-corrected chi connectivity index (χ3v) is 19.4. The number of likely N-dealkylation sites (N-methyl/N-ethyl adjacent to an activating group) is 2. The minimum atomic E-state index is -0.900. The van der Waals surface area contributed by atoms with Gasteiger partial charge in [0.25, 0.3) is 0 Å². The van der Waals surface area contributed by atoms with Crippen LogP contribution in [0.5, 0.6) is 23.0 Å². The fourth-order valence-electron chi connectivity index (χ4n) is 15.9.